The maximum absolute atomic E-state index is 13.0. The van der Waals surface area contributed by atoms with Crippen LogP contribution in [-0.2, 0) is 51.3 Å². The fourth-order valence-corrected chi connectivity index (χ4v) is 5.68. The summed E-state index contributed by atoms with van der Waals surface area (Å²) in [4.78, 5) is 86.3. The zero-order chi connectivity index (χ0) is 45.0. The van der Waals surface area contributed by atoms with E-state index in [2.05, 4.69) is 26.6 Å². The molecule has 0 aromatic heterocycles. The number of rotatable bonds is 29. The summed E-state index contributed by atoms with van der Waals surface area (Å²) in [7, 11) is 0. The number of carboxylic acid groups (broad SMARTS) is 1. The van der Waals surface area contributed by atoms with Crippen LogP contribution >= 0.6 is 0 Å². The Morgan fingerprint density at radius 1 is 0.581 bits per heavy atom. The second kappa shape index (κ2) is 29.0. The molecule has 2 atom stereocenters. The molecule has 0 unspecified atom stereocenters. The number of hydrogen-bond acceptors (Lipinski definition) is 11. The molecule has 17 nitrogen and oxygen atoms in total. The van der Waals surface area contributed by atoms with Crippen LogP contribution in [0.15, 0.2) is 84.9 Å². The Kier molecular flexibility index (Phi) is 23.4. The molecule has 6 N–H and O–H groups in total. The number of benzene rings is 3. The number of ether oxygens (including phenoxy) is 4. The topological polar surface area (TPSA) is 237 Å². The van der Waals surface area contributed by atoms with Crippen LogP contribution in [-0.4, -0.2) is 105 Å². The molecule has 0 heterocycles. The van der Waals surface area contributed by atoms with Crippen molar-refractivity contribution in [3.8, 4) is 0 Å². The van der Waals surface area contributed by atoms with Gasteiger partial charge in [-0.05, 0) is 67.0 Å². The minimum atomic E-state index is -1.18. The number of aliphatic carboxylic acids is 1. The van der Waals surface area contributed by atoms with E-state index < -0.39 is 30.1 Å². The Labute approximate surface area is 362 Å². The van der Waals surface area contributed by atoms with E-state index in [0.717, 1.165) is 11.1 Å². The van der Waals surface area contributed by atoms with Gasteiger partial charge in [-0.3, -0.25) is 24.0 Å². The lowest BCUT2D eigenvalue weighted by molar-refractivity contribution is -0.145. The van der Waals surface area contributed by atoms with E-state index in [-0.39, 0.29) is 95.1 Å². The van der Waals surface area contributed by atoms with Crippen LogP contribution < -0.4 is 26.6 Å². The first-order valence-corrected chi connectivity index (χ1v) is 20.7. The van der Waals surface area contributed by atoms with Crippen molar-refractivity contribution in [3.63, 3.8) is 0 Å². The molecule has 3 aromatic rings. The van der Waals surface area contributed by atoms with Gasteiger partial charge in [0.1, 0.15) is 25.3 Å². The first-order chi connectivity index (χ1) is 29.9. The number of alkyl carbamates (subject to hydrolysis) is 1. The van der Waals surface area contributed by atoms with Gasteiger partial charge in [0.05, 0.1) is 26.4 Å². The van der Waals surface area contributed by atoms with E-state index in [0.29, 0.717) is 43.5 Å². The highest BCUT2D eigenvalue weighted by atomic mass is 16.5. The largest absolute Gasteiger partial charge is 0.480 e. The second-order valence-corrected chi connectivity index (χ2v) is 14.5. The number of unbranched alkanes of at least 4 members (excludes halogenated alkanes) is 1. The number of nitrogens with one attached hydrogen (secondary N) is 5. The van der Waals surface area contributed by atoms with Crippen molar-refractivity contribution < 1.29 is 57.6 Å². The molecule has 3 rings (SSSR count). The zero-order valence-electron chi connectivity index (χ0n) is 35.4. The van der Waals surface area contributed by atoms with Crippen LogP contribution in [0, 0.1) is 5.92 Å². The molecule has 5 amide bonds. The van der Waals surface area contributed by atoms with E-state index in [4.69, 9.17) is 18.9 Å². The summed E-state index contributed by atoms with van der Waals surface area (Å²) in [5.41, 5.74) is 2.42. The van der Waals surface area contributed by atoms with Crippen LogP contribution in [0.2, 0.25) is 0 Å². The lowest BCUT2D eigenvalue weighted by atomic mass is 10.0. The highest BCUT2D eigenvalue weighted by molar-refractivity contribution is 5.97. The fourth-order valence-electron chi connectivity index (χ4n) is 5.68. The molecular formula is C45H59N5O12. The Morgan fingerprint density at radius 3 is 1.71 bits per heavy atom. The predicted octanol–water partition coefficient (Wildman–Crippen LogP) is 3.90. The van der Waals surface area contributed by atoms with Gasteiger partial charge in [0.15, 0.2) is 0 Å². The van der Waals surface area contributed by atoms with Gasteiger partial charge in [0, 0.05) is 43.6 Å². The summed E-state index contributed by atoms with van der Waals surface area (Å²) in [6, 6.07) is 22.4. The maximum atomic E-state index is 13.0. The maximum Gasteiger partial charge on any atom is 0.408 e. The van der Waals surface area contributed by atoms with E-state index in [9.17, 15) is 38.7 Å². The number of amides is 5. The average Bonchev–Trinajstić information content (AvgIpc) is 3.27. The van der Waals surface area contributed by atoms with Crippen molar-refractivity contribution in [3.05, 3.63) is 107 Å². The van der Waals surface area contributed by atoms with E-state index in [1.807, 2.05) is 36.4 Å². The molecule has 336 valence electrons. The van der Waals surface area contributed by atoms with Crippen molar-refractivity contribution in [2.75, 3.05) is 46.1 Å². The SMILES string of the molecule is CC(C)[C@H](NC(=O)[C@H](CCCCNC(=O)CCOCCOCCNC(=O)c1ccc(C(=O)NCCCC(=O)OCc2ccccc2)cc1)NC(=O)OCc1ccccc1)C(=O)O. The van der Waals surface area contributed by atoms with Crippen molar-refractivity contribution in [1.29, 1.82) is 0 Å². The van der Waals surface area contributed by atoms with Crippen LogP contribution in [0.3, 0.4) is 0 Å². The molecule has 0 saturated heterocycles. The normalized spacial score (nSPS) is 11.7. The van der Waals surface area contributed by atoms with Crippen LogP contribution in [0.5, 0.6) is 0 Å². The second-order valence-electron chi connectivity index (χ2n) is 14.5. The molecule has 0 aliphatic heterocycles. The van der Waals surface area contributed by atoms with Gasteiger partial charge in [0.25, 0.3) is 11.8 Å². The Hall–Kier alpha value is -6.33. The molecule has 0 bridgehead atoms. The summed E-state index contributed by atoms with van der Waals surface area (Å²) in [5, 5.41) is 22.8. The molecule has 0 aliphatic rings. The Morgan fingerprint density at radius 2 is 1.13 bits per heavy atom. The van der Waals surface area contributed by atoms with Gasteiger partial charge in [0.2, 0.25) is 11.8 Å². The molecule has 0 radical (unpaired) electrons. The number of carboxylic acids is 1. The summed E-state index contributed by atoms with van der Waals surface area (Å²) in [6.45, 7) is 5.30. The van der Waals surface area contributed by atoms with Gasteiger partial charge in [-0.25, -0.2) is 9.59 Å². The summed E-state index contributed by atoms with van der Waals surface area (Å²) < 4.78 is 21.4. The van der Waals surface area contributed by atoms with Gasteiger partial charge < -0.3 is 50.6 Å². The predicted molar refractivity (Wildman–Crippen MR) is 228 cm³/mol. The van der Waals surface area contributed by atoms with E-state index >= 15 is 0 Å². The molecule has 3 aromatic carbocycles. The third-order valence-electron chi connectivity index (χ3n) is 9.17. The van der Waals surface area contributed by atoms with Crippen molar-refractivity contribution >= 4 is 41.7 Å². The van der Waals surface area contributed by atoms with Gasteiger partial charge in [-0.15, -0.1) is 0 Å². The summed E-state index contributed by atoms with van der Waals surface area (Å²) in [6.07, 6.45) is 1.03. The monoisotopic (exact) mass is 861 g/mol. The third-order valence-corrected chi connectivity index (χ3v) is 9.17. The lowest BCUT2D eigenvalue weighted by Gasteiger charge is -2.23. The zero-order valence-corrected chi connectivity index (χ0v) is 35.4. The number of carbonyl (C=O) groups is 7. The molecule has 17 heteroatoms. The minimum Gasteiger partial charge on any atom is -0.480 e. The van der Waals surface area contributed by atoms with Gasteiger partial charge in [-0.2, -0.15) is 0 Å². The van der Waals surface area contributed by atoms with Crippen LogP contribution in [0.4, 0.5) is 4.79 Å². The summed E-state index contributed by atoms with van der Waals surface area (Å²) in [5.74, 6) is -3.42. The number of esters is 1. The van der Waals surface area contributed by atoms with Gasteiger partial charge in [-0.1, -0.05) is 74.5 Å². The molecule has 0 fully saturated rings. The standard InChI is InChI=1S/C45H59N5O12/c1-32(2)40(44(56)57)50-43(55)37(49-45(58)62-31-34-14-7-4-8-15-34)16-9-10-23-46-38(51)22-26-59-28-29-60-27-25-48-42(54)36-20-18-35(19-21-36)41(53)47-24-11-17-39(52)61-30-33-12-5-3-6-13-33/h3-8,12-15,18-21,32,37,40H,9-11,16-17,22-31H2,1-2H3,(H,46,51)(H,47,53)(H,48,54)(H,49,58)(H,50,55)(H,56,57)/t37-,40-/m0/s1. The average molecular weight is 862 g/mol. The smallest absolute Gasteiger partial charge is 0.408 e. The fraction of sp³-hybridized carbons (Fsp3) is 0.444. The summed E-state index contributed by atoms with van der Waals surface area (Å²) >= 11 is 0. The highest BCUT2D eigenvalue weighted by Gasteiger charge is 2.28. The van der Waals surface area contributed by atoms with Crippen molar-refractivity contribution in [1.82, 2.24) is 26.6 Å². The van der Waals surface area contributed by atoms with Crippen LogP contribution in [0.1, 0.15) is 84.2 Å². The Bertz CT molecular complexity index is 1840. The first kappa shape index (κ1) is 50.0. The molecule has 62 heavy (non-hydrogen) atoms. The number of carbonyl (C=O) groups excluding carboxylic acids is 6. The van der Waals surface area contributed by atoms with Crippen molar-refractivity contribution in [2.24, 2.45) is 5.92 Å². The van der Waals surface area contributed by atoms with Gasteiger partial charge >= 0.3 is 18.0 Å². The lowest BCUT2D eigenvalue weighted by Crippen LogP contribution is -2.53. The quantitative estimate of drug-likeness (QED) is 0.0431. The van der Waals surface area contributed by atoms with Crippen LogP contribution in [0.25, 0.3) is 0 Å². The first-order valence-electron chi connectivity index (χ1n) is 20.7. The van der Waals surface area contributed by atoms with E-state index in [1.165, 1.54) is 0 Å². The molecule has 0 saturated carbocycles. The minimum absolute atomic E-state index is 0.00199. The highest BCUT2D eigenvalue weighted by Crippen LogP contribution is 2.09. The third kappa shape index (κ3) is 20.8. The Balaban J connectivity index is 1.20. The molecule has 0 spiro atoms. The molecule has 0 aliphatic carbocycles. The number of hydrogen-bond donors (Lipinski definition) is 6. The van der Waals surface area contributed by atoms with E-state index in [1.54, 1.807) is 62.4 Å². The molecular weight excluding hydrogens is 803 g/mol. The van der Waals surface area contributed by atoms with Crippen molar-refractivity contribution in [2.45, 2.75) is 77.7 Å².